The molecule has 0 heterocycles. The molecule has 0 unspecified atom stereocenters. The maximum Gasteiger partial charge on any atom is 0.343 e. The number of nitrogens with zero attached hydrogens (tertiary/aromatic N) is 1. The lowest BCUT2D eigenvalue weighted by atomic mass is 10.2. The second-order valence-electron chi connectivity index (χ2n) is 6.76. The summed E-state index contributed by atoms with van der Waals surface area (Å²) in [7, 11) is 1.56. The molecular weight excluding hydrogens is 408 g/mol. The van der Waals surface area contributed by atoms with Crippen LogP contribution in [0.25, 0.3) is 0 Å². The highest BCUT2D eigenvalue weighted by atomic mass is 16.5. The predicted molar refractivity (Wildman–Crippen MR) is 122 cm³/mol. The standard InChI is InChI=1S/C25H24N2O5/c1-3-16-31-22-14-6-19(7-15-22)24(28)27-26-17-18-4-10-23(11-5-18)32-25(29)20-8-12-21(30-2)13-9-20/h4-15,17H,3,16H2,1-2H3,(H,27,28). The third-order valence-corrected chi connectivity index (χ3v) is 4.39. The van der Waals surface area contributed by atoms with Crippen LogP contribution in [0, 0.1) is 0 Å². The molecule has 3 aromatic carbocycles. The number of carbonyl (C=O) groups excluding carboxylic acids is 2. The molecule has 3 rings (SSSR count). The molecule has 0 aliphatic rings. The normalized spacial score (nSPS) is 10.6. The summed E-state index contributed by atoms with van der Waals surface area (Å²) in [4.78, 5) is 24.4. The first-order valence-electron chi connectivity index (χ1n) is 10.1. The molecule has 0 spiro atoms. The van der Waals surface area contributed by atoms with Gasteiger partial charge in [-0.25, -0.2) is 10.2 Å². The molecule has 0 saturated heterocycles. The van der Waals surface area contributed by atoms with E-state index < -0.39 is 5.97 Å². The van der Waals surface area contributed by atoms with Crippen molar-refractivity contribution in [3.05, 3.63) is 89.5 Å². The van der Waals surface area contributed by atoms with Crippen LogP contribution in [0.1, 0.15) is 39.6 Å². The van der Waals surface area contributed by atoms with Gasteiger partial charge in [-0.3, -0.25) is 4.79 Å². The van der Waals surface area contributed by atoms with Gasteiger partial charge in [0.15, 0.2) is 0 Å². The van der Waals surface area contributed by atoms with Crippen molar-refractivity contribution in [3.63, 3.8) is 0 Å². The number of amides is 1. The molecule has 0 radical (unpaired) electrons. The summed E-state index contributed by atoms with van der Waals surface area (Å²) < 4.78 is 15.9. The summed E-state index contributed by atoms with van der Waals surface area (Å²) in [6.45, 7) is 2.66. The fourth-order valence-corrected chi connectivity index (χ4v) is 2.67. The minimum Gasteiger partial charge on any atom is -0.497 e. The van der Waals surface area contributed by atoms with E-state index in [-0.39, 0.29) is 5.91 Å². The van der Waals surface area contributed by atoms with E-state index in [1.807, 2.05) is 6.92 Å². The van der Waals surface area contributed by atoms with E-state index in [1.165, 1.54) is 6.21 Å². The minimum absolute atomic E-state index is 0.326. The molecule has 164 valence electrons. The number of hydrogen-bond acceptors (Lipinski definition) is 6. The zero-order valence-corrected chi connectivity index (χ0v) is 17.9. The molecule has 0 aromatic heterocycles. The van der Waals surface area contributed by atoms with Gasteiger partial charge in [0.2, 0.25) is 0 Å². The van der Waals surface area contributed by atoms with Crippen molar-refractivity contribution in [2.45, 2.75) is 13.3 Å². The first-order valence-corrected chi connectivity index (χ1v) is 10.1. The fourth-order valence-electron chi connectivity index (χ4n) is 2.67. The van der Waals surface area contributed by atoms with Crippen molar-refractivity contribution < 1.29 is 23.8 Å². The molecular formula is C25H24N2O5. The lowest BCUT2D eigenvalue weighted by Gasteiger charge is -2.06. The summed E-state index contributed by atoms with van der Waals surface area (Å²) >= 11 is 0. The van der Waals surface area contributed by atoms with Crippen LogP contribution < -0.4 is 19.6 Å². The van der Waals surface area contributed by atoms with Crippen LogP contribution >= 0.6 is 0 Å². The molecule has 0 aliphatic heterocycles. The van der Waals surface area contributed by atoms with E-state index in [1.54, 1.807) is 79.9 Å². The summed E-state index contributed by atoms with van der Waals surface area (Å²) in [6.07, 6.45) is 2.43. The Bertz CT molecular complexity index is 1060. The van der Waals surface area contributed by atoms with Crippen LogP contribution in [0.5, 0.6) is 17.2 Å². The highest BCUT2D eigenvalue weighted by molar-refractivity contribution is 5.95. The molecule has 7 heteroatoms. The van der Waals surface area contributed by atoms with Crippen LogP contribution in [0.3, 0.4) is 0 Å². The predicted octanol–water partition coefficient (Wildman–Crippen LogP) is 4.47. The minimum atomic E-state index is -0.465. The summed E-state index contributed by atoms with van der Waals surface area (Å²) in [5.41, 5.74) is 4.11. The third kappa shape index (κ3) is 6.43. The van der Waals surface area contributed by atoms with Gasteiger partial charge in [-0.1, -0.05) is 6.92 Å². The van der Waals surface area contributed by atoms with Crippen molar-refractivity contribution in [2.24, 2.45) is 5.10 Å². The quantitative estimate of drug-likeness (QED) is 0.233. The summed E-state index contributed by atoms with van der Waals surface area (Å²) in [5.74, 6) is 0.994. The van der Waals surface area contributed by atoms with Crippen LogP contribution in [-0.2, 0) is 0 Å². The van der Waals surface area contributed by atoms with Crippen molar-refractivity contribution >= 4 is 18.1 Å². The molecule has 0 aliphatic carbocycles. The first-order chi connectivity index (χ1) is 15.6. The Morgan fingerprint density at radius 3 is 2.06 bits per heavy atom. The van der Waals surface area contributed by atoms with Gasteiger partial charge >= 0.3 is 5.97 Å². The second-order valence-corrected chi connectivity index (χ2v) is 6.76. The van der Waals surface area contributed by atoms with Gasteiger partial charge in [-0.15, -0.1) is 0 Å². The Balaban J connectivity index is 1.51. The number of ether oxygens (including phenoxy) is 3. The maximum atomic E-state index is 12.2. The van der Waals surface area contributed by atoms with Gasteiger partial charge in [-0.2, -0.15) is 5.10 Å². The molecule has 0 atom stereocenters. The van der Waals surface area contributed by atoms with E-state index >= 15 is 0 Å². The Kier molecular flexibility index (Phi) is 7.97. The van der Waals surface area contributed by atoms with Crippen molar-refractivity contribution in [3.8, 4) is 17.2 Å². The van der Waals surface area contributed by atoms with Gasteiger partial charge in [0.25, 0.3) is 5.91 Å². The topological polar surface area (TPSA) is 86.2 Å². The fraction of sp³-hybridized carbons (Fsp3) is 0.160. The van der Waals surface area contributed by atoms with Gasteiger partial charge in [0.05, 0.1) is 25.5 Å². The highest BCUT2D eigenvalue weighted by Crippen LogP contribution is 2.16. The number of hydrogen-bond donors (Lipinski definition) is 1. The molecule has 32 heavy (non-hydrogen) atoms. The van der Waals surface area contributed by atoms with Gasteiger partial charge < -0.3 is 14.2 Å². The van der Waals surface area contributed by atoms with E-state index in [2.05, 4.69) is 10.5 Å². The number of rotatable bonds is 9. The molecule has 0 fully saturated rings. The largest absolute Gasteiger partial charge is 0.497 e. The van der Waals surface area contributed by atoms with Gasteiger partial charge in [-0.05, 0) is 84.8 Å². The van der Waals surface area contributed by atoms with E-state index in [0.717, 1.165) is 17.7 Å². The van der Waals surface area contributed by atoms with Crippen molar-refractivity contribution in [1.29, 1.82) is 0 Å². The van der Waals surface area contributed by atoms with E-state index in [0.29, 0.717) is 29.2 Å². The number of methoxy groups -OCH3 is 1. The molecule has 0 bridgehead atoms. The van der Waals surface area contributed by atoms with E-state index in [4.69, 9.17) is 14.2 Å². The maximum absolute atomic E-state index is 12.2. The van der Waals surface area contributed by atoms with Crippen LogP contribution in [0.4, 0.5) is 0 Å². The van der Waals surface area contributed by atoms with Crippen molar-refractivity contribution in [2.75, 3.05) is 13.7 Å². The Morgan fingerprint density at radius 1 is 0.844 bits per heavy atom. The highest BCUT2D eigenvalue weighted by Gasteiger charge is 2.09. The second kappa shape index (κ2) is 11.3. The number of nitrogens with one attached hydrogen (secondary N) is 1. The molecule has 1 amide bonds. The monoisotopic (exact) mass is 432 g/mol. The Labute approximate surface area is 186 Å². The number of benzene rings is 3. The molecule has 3 aromatic rings. The average molecular weight is 432 g/mol. The van der Waals surface area contributed by atoms with Crippen LogP contribution in [0.2, 0.25) is 0 Å². The van der Waals surface area contributed by atoms with Crippen LogP contribution in [0.15, 0.2) is 77.9 Å². The Morgan fingerprint density at radius 2 is 1.44 bits per heavy atom. The number of esters is 1. The smallest absolute Gasteiger partial charge is 0.343 e. The van der Waals surface area contributed by atoms with Crippen LogP contribution in [-0.4, -0.2) is 31.8 Å². The van der Waals surface area contributed by atoms with Crippen molar-refractivity contribution in [1.82, 2.24) is 5.43 Å². The SMILES string of the molecule is CCCOc1ccc(C(=O)NN=Cc2ccc(OC(=O)c3ccc(OC)cc3)cc2)cc1. The number of hydrazone groups is 1. The average Bonchev–Trinajstić information content (AvgIpc) is 2.84. The van der Waals surface area contributed by atoms with Gasteiger partial charge in [0, 0.05) is 5.56 Å². The zero-order chi connectivity index (χ0) is 22.8. The lowest BCUT2D eigenvalue weighted by molar-refractivity contribution is 0.0734. The molecule has 0 saturated carbocycles. The molecule has 1 N–H and O–H groups in total. The summed E-state index contributed by atoms with van der Waals surface area (Å²) in [6, 6.07) is 20.3. The Hall–Kier alpha value is -4.13. The first kappa shape index (κ1) is 22.6. The lowest BCUT2D eigenvalue weighted by Crippen LogP contribution is -2.17. The third-order valence-electron chi connectivity index (χ3n) is 4.39. The van der Waals surface area contributed by atoms with Gasteiger partial charge in [0.1, 0.15) is 17.2 Å². The number of carbonyl (C=O) groups is 2. The molecule has 7 nitrogen and oxygen atoms in total. The van der Waals surface area contributed by atoms with E-state index in [9.17, 15) is 9.59 Å². The summed E-state index contributed by atoms with van der Waals surface area (Å²) in [5, 5.41) is 3.97. The zero-order valence-electron chi connectivity index (χ0n) is 17.9.